The van der Waals surface area contributed by atoms with Crippen molar-refractivity contribution in [3.63, 3.8) is 0 Å². The van der Waals surface area contributed by atoms with Gasteiger partial charge in [-0.05, 0) is 73.2 Å². The van der Waals surface area contributed by atoms with E-state index in [9.17, 15) is 18.0 Å². The van der Waals surface area contributed by atoms with Crippen LogP contribution in [0.1, 0.15) is 31.9 Å². The number of ether oxygens (including phenoxy) is 1. The van der Waals surface area contributed by atoms with E-state index in [1.165, 1.54) is 17.0 Å². The highest BCUT2D eigenvalue weighted by Gasteiger charge is 2.30. The van der Waals surface area contributed by atoms with Crippen LogP contribution < -0.4 is 4.90 Å². The van der Waals surface area contributed by atoms with Gasteiger partial charge in [-0.1, -0.05) is 24.3 Å². The van der Waals surface area contributed by atoms with Gasteiger partial charge >= 0.3 is 12.3 Å². The third-order valence-corrected chi connectivity index (χ3v) is 4.29. The highest BCUT2D eigenvalue weighted by molar-refractivity contribution is 14.1. The molecule has 0 unspecified atom stereocenters. The minimum atomic E-state index is -4.39. The average Bonchev–Trinajstić information content (AvgIpc) is 2.51. The third kappa shape index (κ3) is 5.62. The molecule has 0 aliphatic carbocycles. The molecule has 7 heteroatoms. The standard InChI is InChI=1S/C19H19F3INO2/c1-18(2,3)26-17(25)24(16-7-5-4-6-15(16)23)12-13-8-10-14(11-9-13)19(20,21)22/h4-11H,12H2,1-3H3. The molecule has 0 fully saturated rings. The first-order valence-electron chi connectivity index (χ1n) is 7.88. The number of carbonyl (C=O) groups is 1. The van der Waals surface area contributed by atoms with Crippen LogP contribution in [0.4, 0.5) is 23.7 Å². The van der Waals surface area contributed by atoms with E-state index in [0.29, 0.717) is 11.3 Å². The molecule has 3 nitrogen and oxygen atoms in total. The summed E-state index contributed by atoms with van der Waals surface area (Å²) in [5.41, 5.74) is -0.194. The van der Waals surface area contributed by atoms with E-state index >= 15 is 0 Å². The summed E-state index contributed by atoms with van der Waals surface area (Å²) < 4.78 is 44.5. The molecular formula is C19H19F3INO2. The summed E-state index contributed by atoms with van der Waals surface area (Å²) >= 11 is 2.11. The van der Waals surface area contributed by atoms with Crippen LogP contribution in [0.25, 0.3) is 0 Å². The molecule has 0 saturated carbocycles. The van der Waals surface area contributed by atoms with Gasteiger partial charge in [0.05, 0.1) is 17.8 Å². The van der Waals surface area contributed by atoms with Gasteiger partial charge < -0.3 is 4.74 Å². The number of hydrogen-bond donors (Lipinski definition) is 0. The molecule has 2 aromatic rings. The van der Waals surface area contributed by atoms with Crippen molar-refractivity contribution < 1.29 is 22.7 Å². The van der Waals surface area contributed by atoms with Gasteiger partial charge in [0.1, 0.15) is 5.60 Å². The Bertz CT molecular complexity index is 768. The SMILES string of the molecule is CC(C)(C)OC(=O)N(Cc1ccc(C(F)(F)F)cc1)c1ccccc1I. The van der Waals surface area contributed by atoms with Crippen molar-refractivity contribution in [3.8, 4) is 0 Å². The number of alkyl halides is 3. The van der Waals surface area contributed by atoms with E-state index in [-0.39, 0.29) is 6.54 Å². The molecule has 0 aromatic heterocycles. The molecule has 2 rings (SSSR count). The van der Waals surface area contributed by atoms with Crippen molar-refractivity contribution in [1.29, 1.82) is 0 Å². The Balaban J connectivity index is 2.33. The second-order valence-electron chi connectivity index (χ2n) is 6.71. The van der Waals surface area contributed by atoms with Crippen molar-refractivity contribution in [1.82, 2.24) is 0 Å². The van der Waals surface area contributed by atoms with Crippen LogP contribution >= 0.6 is 22.6 Å². The molecule has 2 aromatic carbocycles. The zero-order valence-electron chi connectivity index (χ0n) is 14.6. The number of nitrogens with zero attached hydrogens (tertiary/aromatic N) is 1. The summed E-state index contributed by atoms with van der Waals surface area (Å²) in [4.78, 5) is 14.1. The van der Waals surface area contributed by atoms with Crippen LogP contribution in [0, 0.1) is 3.57 Å². The maximum Gasteiger partial charge on any atom is 0.416 e. The van der Waals surface area contributed by atoms with E-state index in [0.717, 1.165) is 15.7 Å². The Morgan fingerprint density at radius 1 is 1.04 bits per heavy atom. The number of rotatable bonds is 3. The van der Waals surface area contributed by atoms with E-state index < -0.39 is 23.4 Å². The number of halogens is 4. The molecule has 26 heavy (non-hydrogen) atoms. The van der Waals surface area contributed by atoms with Crippen LogP contribution in [0.2, 0.25) is 0 Å². The Morgan fingerprint density at radius 3 is 2.12 bits per heavy atom. The second kappa shape index (κ2) is 7.85. The lowest BCUT2D eigenvalue weighted by Crippen LogP contribution is -2.37. The van der Waals surface area contributed by atoms with Crippen molar-refractivity contribution >= 4 is 34.4 Å². The number of anilines is 1. The Hall–Kier alpha value is -1.77. The fraction of sp³-hybridized carbons (Fsp3) is 0.316. The van der Waals surface area contributed by atoms with E-state index in [2.05, 4.69) is 22.6 Å². The predicted molar refractivity (Wildman–Crippen MR) is 103 cm³/mol. The zero-order chi connectivity index (χ0) is 19.5. The number of carbonyl (C=O) groups excluding carboxylic acids is 1. The fourth-order valence-electron chi connectivity index (χ4n) is 2.22. The lowest BCUT2D eigenvalue weighted by molar-refractivity contribution is -0.137. The minimum absolute atomic E-state index is 0.104. The van der Waals surface area contributed by atoms with Gasteiger partial charge in [0, 0.05) is 3.57 Å². The van der Waals surface area contributed by atoms with Crippen LogP contribution in [0.5, 0.6) is 0 Å². The van der Waals surface area contributed by atoms with Gasteiger partial charge in [-0.2, -0.15) is 13.2 Å². The first kappa shape index (κ1) is 20.5. The molecule has 1 amide bonds. The maximum atomic E-state index is 12.7. The van der Waals surface area contributed by atoms with Crippen LogP contribution in [-0.4, -0.2) is 11.7 Å². The van der Waals surface area contributed by atoms with Gasteiger partial charge in [0.15, 0.2) is 0 Å². The quantitative estimate of drug-likeness (QED) is 0.489. The van der Waals surface area contributed by atoms with E-state index in [1.54, 1.807) is 32.9 Å². The normalized spacial score (nSPS) is 12.0. The molecule has 0 aliphatic rings. The maximum absolute atomic E-state index is 12.7. The highest BCUT2D eigenvalue weighted by atomic mass is 127. The molecular weight excluding hydrogens is 458 g/mol. The summed E-state index contributed by atoms with van der Waals surface area (Å²) in [6.07, 6.45) is -4.94. The van der Waals surface area contributed by atoms with Gasteiger partial charge in [-0.25, -0.2) is 4.79 Å². The summed E-state index contributed by atoms with van der Waals surface area (Å²) in [5, 5.41) is 0. The Morgan fingerprint density at radius 2 is 1.62 bits per heavy atom. The van der Waals surface area contributed by atoms with Crippen LogP contribution in [0.3, 0.4) is 0 Å². The fourth-order valence-corrected chi connectivity index (χ4v) is 2.90. The summed E-state index contributed by atoms with van der Waals surface area (Å²) in [5.74, 6) is 0. The number of benzene rings is 2. The molecule has 0 heterocycles. The van der Waals surface area contributed by atoms with E-state index in [4.69, 9.17) is 4.74 Å². The Labute approximate surface area is 164 Å². The molecule has 0 radical (unpaired) electrons. The minimum Gasteiger partial charge on any atom is -0.443 e. The van der Waals surface area contributed by atoms with Crippen LogP contribution in [0.15, 0.2) is 48.5 Å². The van der Waals surface area contributed by atoms with Gasteiger partial charge in [-0.3, -0.25) is 4.90 Å². The number of para-hydroxylation sites is 1. The lowest BCUT2D eigenvalue weighted by atomic mass is 10.1. The number of amides is 1. The van der Waals surface area contributed by atoms with Crippen molar-refractivity contribution in [2.45, 2.75) is 39.1 Å². The molecule has 0 aliphatic heterocycles. The third-order valence-electron chi connectivity index (χ3n) is 3.38. The Kier molecular flexibility index (Phi) is 6.21. The van der Waals surface area contributed by atoms with Crippen molar-refractivity contribution in [2.24, 2.45) is 0 Å². The van der Waals surface area contributed by atoms with Gasteiger partial charge in [-0.15, -0.1) is 0 Å². The molecule has 0 atom stereocenters. The lowest BCUT2D eigenvalue weighted by Gasteiger charge is -2.28. The topological polar surface area (TPSA) is 29.5 Å². The smallest absolute Gasteiger partial charge is 0.416 e. The second-order valence-corrected chi connectivity index (χ2v) is 7.87. The van der Waals surface area contributed by atoms with Crippen molar-refractivity contribution in [2.75, 3.05) is 4.90 Å². The van der Waals surface area contributed by atoms with Gasteiger partial charge in [0.2, 0.25) is 0 Å². The first-order chi connectivity index (χ1) is 12.0. The number of hydrogen-bond acceptors (Lipinski definition) is 2. The monoisotopic (exact) mass is 477 g/mol. The molecule has 140 valence electrons. The zero-order valence-corrected chi connectivity index (χ0v) is 16.8. The van der Waals surface area contributed by atoms with Crippen LogP contribution in [-0.2, 0) is 17.5 Å². The highest BCUT2D eigenvalue weighted by Crippen LogP contribution is 2.30. The largest absolute Gasteiger partial charge is 0.443 e. The summed E-state index contributed by atoms with van der Waals surface area (Å²) in [6, 6.07) is 12.0. The predicted octanol–water partition coefficient (Wildman–Crippen LogP) is 6.25. The molecule has 0 bridgehead atoms. The van der Waals surface area contributed by atoms with Crippen molar-refractivity contribution in [3.05, 3.63) is 63.2 Å². The summed E-state index contributed by atoms with van der Waals surface area (Å²) in [6.45, 7) is 5.39. The summed E-state index contributed by atoms with van der Waals surface area (Å²) in [7, 11) is 0. The van der Waals surface area contributed by atoms with E-state index in [1.807, 2.05) is 12.1 Å². The molecule has 0 spiro atoms. The first-order valence-corrected chi connectivity index (χ1v) is 8.96. The van der Waals surface area contributed by atoms with Gasteiger partial charge in [0.25, 0.3) is 0 Å². The average molecular weight is 477 g/mol. The molecule has 0 saturated heterocycles. The molecule has 0 N–H and O–H groups in total.